The molecule has 114 valence electrons. The highest BCUT2D eigenvalue weighted by Gasteiger charge is 2.53. The number of carbonyl (C=O) groups excluding carboxylic acids is 1. The number of benzene rings is 1. The third-order valence-electron chi connectivity index (χ3n) is 6.55. The summed E-state index contributed by atoms with van der Waals surface area (Å²) in [5.74, 6) is 0.961. The number of aryl methyl sites for hydroxylation is 1. The highest BCUT2D eigenvalue weighted by molar-refractivity contribution is 5.86. The minimum Gasteiger partial charge on any atom is -0.299 e. The quantitative estimate of drug-likeness (QED) is 0.726. The first-order chi connectivity index (χ1) is 9.82. The molecule has 0 aliphatic heterocycles. The van der Waals surface area contributed by atoms with Gasteiger partial charge in [0.2, 0.25) is 0 Å². The highest BCUT2D eigenvalue weighted by atomic mass is 16.1. The van der Waals surface area contributed by atoms with Crippen LogP contribution in [0.1, 0.15) is 69.2 Å². The molecule has 2 atom stereocenters. The summed E-state index contributed by atoms with van der Waals surface area (Å²) in [7, 11) is 0. The average molecular weight is 284 g/mol. The Hall–Kier alpha value is -1.11. The van der Waals surface area contributed by atoms with E-state index in [1.165, 1.54) is 12.0 Å². The number of fused-ring (bicyclic) bond motifs is 3. The summed E-state index contributed by atoms with van der Waals surface area (Å²) < 4.78 is 0. The van der Waals surface area contributed by atoms with Gasteiger partial charge in [0.1, 0.15) is 5.78 Å². The SMILES string of the molecule is CCc1c(C)ccc2c1CC[C@@H]1C(C)(C)C(=O)CC[C@]21C. The zero-order valence-corrected chi connectivity index (χ0v) is 14.2. The molecule has 0 N–H and O–H groups in total. The lowest BCUT2D eigenvalue weighted by Gasteiger charge is -2.53. The minimum atomic E-state index is -0.165. The van der Waals surface area contributed by atoms with Gasteiger partial charge in [-0.2, -0.15) is 0 Å². The van der Waals surface area contributed by atoms with Crippen LogP contribution in [-0.4, -0.2) is 5.78 Å². The van der Waals surface area contributed by atoms with Crippen LogP contribution in [0.4, 0.5) is 0 Å². The molecule has 0 amide bonds. The first-order valence-corrected chi connectivity index (χ1v) is 8.47. The van der Waals surface area contributed by atoms with Gasteiger partial charge in [-0.1, -0.05) is 39.8 Å². The van der Waals surface area contributed by atoms with Crippen LogP contribution in [0, 0.1) is 18.3 Å². The molecule has 0 radical (unpaired) electrons. The maximum absolute atomic E-state index is 12.4. The predicted molar refractivity (Wildman–Crippen MR) is 87.7 cm³/mol. The summed E-state index contributed by atoms with van der Waals surface area (Å²) in [5, 5.41) is 0. The summed E-state index contributed by atoms with van der Waals surface area (Å²) >= 11 is 0. The maximum Gasteiger partial charge on any atom is 0.138 e. The van der Waals surface area contributed by atoms with E-state index < -0.39 is 0 Å². The fraction of sp³-hybridized carbons (Fsp3) is 0.650. The Labute approximate surface area is 129 Å². The van der Waals surface area contributed by atoms with Gasteiger partial charge < -0.3 is 0 Å². The molecular formula is C20H28O. The molecule has 0 heterocycles. The number of ketones is 1. The van der Waals surface area contributed by atoms with Crippen molar-refractivity contribution in [2.75, 3.05) is 0 Å². The molecule has 1 nitrogen and oxygen atoms in total. The largest absolute Gasteiger partial charge is 0.299 e. The molecule has 2 aliphatic carbocycles. The van der Waals surface area contributed by atoms with Crippen molar-refractivity contribution in [1.29, 1.82) is 0 Å². The monoisotopic (exact) mass is 284 g/mol. The van der Waals surface area contributed by atoms with Crippen LogP contribution < -0.4 is 0 Å². The zero-order valence-electron chi connectivity index (χ0n) is 14.2. The van der Waals surface area contributed by atoms with Gasteiger partial charge in [0.05, 0.1) is 0 Å². The van der Waals surface area contributed by atoms with E-state index >= 15 is 0 Å². The summed E-state index contributed by atoms with van der Waals surface area (Å²) in [4.78, 5) is 12.4. The first-order valence-electron chi connectivity index (χ1n) is 8.47. The van der Waals surface area contributed by atoms with E-state index in [0.29, 0.717) is 11.7 Å². The Bertz CT molecular complexity index is 596. The topological polar surface area (TPSA) is 17.1 Å². The number of hydrogen-bond acceptors (Lipinski definition) is 1. The van der Waals surface area contributed by atoms with Crippen molar-refractivity contribution in [1.82, 2.24) is 0 Å². The van der Waals surface area contributed by atoms with E-state index in [9.17, 15) is 4.79 Å². The Kier molecular flexibility index (Phi) is 3.31. The van der Waals surface area contributed by atoms with Gasteiger partial charge in [-0.15, -0.1) is 0 Å². The maximum atomic E-state index is 12.4. The van der Waals surface area contributed by atoms with E-state index in [2.05, 4.69) is 46.8 Å². The second-order valence-electron chi connectivity index (χ2n) is 7.89. The van der Waals surface area contributed by atoms with Crippen LogP contribution in [0.3, 0.4) is 0 Å². The van der Waals surface area contributed by atoms with Gasteiger partial charge in [0, 0.05) is 11.8 Å². The third-order valence-corrected chi connectivity index (χ3v) is 6.55. The van der Waals surface area contributed by atoms with Crippen molar-refractivity contribution in [3.63, 3.8) is 0 Å². The predicted octanol–water partition coefficient (Wildman–Crippen LogP) is 4.77. The lowest BCUT2D eigenvalue weighted by molar-refractivity contribution is -0.137. The van der Waals surface area contributed by atoms with Crippen LogP contribution in [-0.2, 0) is 23.1 Å². The second kappa shape index (κ2) is 4.69. The molecule has 0 bridgehead atoms. The van der Waals surface area contributed by atoms with Crippen LogP contribution >= 0.6 is 0 Å². The third kappa shape index (κ3) is 1.93. The Morgan fingerprint density at radius 3 is 2.57 bits per heavy atom. The average Bonchev–Trinajstić information content (AvgIpc) is 2.43. The summed E-state index contributed by atoms with van der Waals surface area (Å²) in [6, 6.07) is 4.66. The second-order valence-corrected chi connectivity index (χ2v) is 7.89. The number of Topliss-reactive ketones (excluding diaryl/α,β-unsaturated/α-hetero) is 1. The Balaban J connectivity index is 2.17. The molecular weight excluding hydrogens is 256 g/mol. The van der Waals surface area contributed by atoms with Crippen LogP contribution in [0.15, 0.2) is 12.1 Å². The summed E-state index contributed by atoms with van der Waals surface area (Å²) in [6.45, 7) is 11.3. The molecule has 1 heteroatoms. The van der Waals surface area contributed by atoms with E-state index in [4.69, 9.17) is 0 Å². The molecule has 0 saturated heterocycles. The molecule has 0 spiro atoms. The molecule has 21 heavy (non-hydrogen) atoms. The fourth-order valence-electron chi connectivity index (χ4n) is 5.27. The van der Waals surface area contributed by atoms with E-state index in [-0.39, 0.29) is 10.8 Å². The van der Waals surface area contributed by atoms with Gasteiger partial charge >= 0.3 is 0 Å². The molecule has 1 aromatic rings. The Morgan fingerprint density at radius 2 is 1.90 bits per heavy atom. The summed E-state index contributed by atoms with van der Waals surface area (Å²) in [5.41, 5.74) is 6.15. The van der Waals surface area contributed by atoms with Gasteiger partial charge in [0.25, 0.3) is 0 Å². The van der Waals surface area contributed by atoms with Crippen molar-refractivity contribution in [3.8, 4) is 0 Å². The highest BCUT2D eigenvalue weighted by Crippen LogP contribution is 2.56. The molecule has 2 aliphatic rings. The number of hydrogen-bond donors (Lipinski definition) is 0. The smallest absolute Gasteiger partial charge is 0.138 e. The molecule has 1 aromatic carbocycles. The molecule has 3 rings (SSSR count). The molecule has 0 aromatic heterocycles. The standard InChI is InChI=1S/C20H28O/c1-6-14-13(2)7-9-16-15(14)8-10-17-19(3,4)18(21)11-12-20(16,17)5/h7,9,17H,6,8,10-12H2,1-5H3/t17-,20-/m1/s1. The molecule has 1 fully saturated rings. The number of carbonyl (C=O) groups is 1. The molecule has 1 saturated carbocycles. The van der Waals surface area contributed by atoms with Crippen molar-refractivity contribution in [3.05, 3.63) is 34.4 Å². The fourth-order valence-corrected chi connectivity index (χ4v) is 5.27. The lowest BCUT2D eigenvalue weighted by atomic mass is 9.49. The lowest BCUT2D eigenvalue weighted by Crippen LogP contribution is -2.52. The Morgan fingerprint density at radius 1 is 1.19 bits per heavy atom. The van der Waals surface area contributed by atoms with E-state index in [1.54, 1.807) is 16.7 Å². The van der Waals surface area contributed by atoms with Gasteiger partial charge in [-0.05, 0) is 66.2 Å². The van der Waals surface area contributed by atoms with Gasteiger partial charge in [-0.3, -0.25) is 4.79 Å². The van der Waals surface area contributed by atoms with Crippen molar-refractivity contribution < 1.29 is 4.79 Å². The normalized spacial score (nSPS) is 30.7. The van der Waals surface area contributed by atoms with Gasteiger partial charge in [0.15, 0.2) is 0 Å². The van der Waals surface area contributed by atoms with E-state index in [0.717, 1.165) is 25.7 Å². The summed E-state index contributed by atoms with van der Waals surface area (Å²) in [6.07, 6.45) is 5.21. The van der Waals surface area contributed by atoms with Crippen molar-refractivity contribution in [2.45, 2.75) is 72.1 Å². The number of rotatable bonds is 1. The van der Waals surface area contributed by atoms with Crippen LogP contribution in [0.25, 0.3) is 0 Å². The van der Waals surface area contributed by atoms with Crippen LogP contribution in [0.2, 0.25) is 0 Å². The molecule has 0 unspecified atom stereocenters. The first kappa shape index (κ1) is 14.8. The van der Waals surface area contributed by atoms with Crippen molar-refractivity contribution >= 4 is 5.78 Å². The van der Waals surface area contributed by atoms with Crippen LogP contribution in [0.5, 0.6) is 0 Å². The minimum absolute atomic E-state index is 0.165. The van der Waals surface area contributed by atoms with E-state index in [1.807, 2.05) is 0 Å². The zero-order chi connectivity index (χ0) is 15.4. The van der Waals surface area contributed by atoms with Gasteiger partial charge in [-0.25, -0.2) is 0 Å². The van der Waals surface area contributed by atoms with Crippen molar-refractivity contribution in [2.24, 2.45) is 11.3 Å².